The molecule has 0 atom stereocenters. The Balaban J connectivity index is 1.71. The lowest BCUT2D eigenvalue weighted by Crippen LogP contribution is -2.17. The number of rotatable bonds is 6. The first-order valence-electron chi connectivity index (χ1n) is 8.05. The minimum atomic E-state index is -0.302. The maximum Gasteiger partial charge on any atom is 0.234 e. The summed E-state index contributed by atoms with van der Waals surface area (Å²) in [6.07, 6.45) is 0. The van der Waals surface area contributed by atoms with Crippen LogP contribution in [0.4, 0.5) is 5.69 Å². The van der Waals surface area contributed by atoms with E-state index in [1.807, 2.05) is 0 Å². The van der Waals surface area contributed by atoms with Gasteiger partial charge in [-0.05, 0) is 37.3 Å². The number of nitrogens with two attached hydrogens (primary N) is 1. The molecule has 0 aliphatic heterocycles. The summed E-state index contributed by atoms with van der Waals surface area (Å²) in [5.41, 5.74) is 1.44. The SMILES string of the molecule is CC(=O)c1ccccc1NC(=O)CSc1nnc(-c2cc(Cl)ccc2Cl)n1N. The van der Waals surface area contributed by atoms with E-state index in [9.17, 15) is 9.59 Å². The third-order valence-electron chi connectivity index (χ3n) is 3.75. The van der Waals surface area contributed by atoms with Crippen LogP contribution in [0, 0.1) is 0 Å². The molecule has 3 aromatic rings. The Morgan fingerprint density at radius 2 is 1.93 bits per heavy atom. The smallest absolute Gasteiger partial charge is 0.234 e. The molecule has 2 aromatic carbocycles. The summed E-state index contributed by atoms with van der Waals surface area (Å²) >= 11 is 13.3. The zero-order valence-electron chi connectivity index (χ0n) is 14.6. The van der Waals surface area contributed by atoms with Gasteiger partial charge in [0.2, 0.25) is 11.1 Å². The van der Waals surface area contributed by atoms with Crippen LogP contribution in [-0.4, -0.2) is 32.3 Å². The van der Waals surface area contributed by atoms with Crippen LogP contribution < -0.4 is 11.2 Å². The van der Waals surface area contributed by atoms with E-state index >= 15 is 0 Å². The number of nitrogen functional groups attached to an aromatic ring is 1. The topological polar surface area (TPSA) is 103 Å². The van der Waals surface area contributed by atoms with Crippen molar-refractivity contribution in [3.63, 3.8) is 0 Å². The van der Waals surface area contributed by atoms with Crippen molar-refractivity contribution in [1.29, 1.82) is 0 Å². The van der Waals surface area contributed by atoms with Crippen LogP contribution in [0.15, 0.2) is 47.6 Å². The van der Waals surface area contributed by atoms with Gasteiger partial charge < -0.3 is 11.2 Å². The molecule has 3 N–H and O–H groups in total. The number of thioether (sulfide) groups is 1. The van der Waals surface area contributed by atoms with Gasteiger partial charge in [0.1, 0.15) is 0 Å². The number of carbonyl (C=O) groups is 2. The first kappa shape index (κ1) is 20.2. The first-order chi connectivity index (χ1) is 13.4. The predicted molar refractivity (Wildman–Crippen MR) is 111 cm³/mol. The third-order valence-corrected chi connectivity index (χ3v) is 5.25. The van der Waals surface area contributed by atoms with E-state index in [2.05, 4.69) is 15.5 Å². The number of carbonyl (C=O) groups excluding carboxylic acids is 2. The van der Waals surface area contributed by atoms with Gasteiger partial charge in [-0.25, -0.2) is 4.68 Å². The number of nitrogens with zero attached hydrogens (tertiary/aromatic N) is 3. The summed E-state index contributed by atoms with van der Waals surface area (Å²) in [7, 11) is 0. The Hall–Kier alpha value is -2.55. The summed E-state index contributed by atoms with van der Waals surface area (Å²) in [6, 6.07) is 11.7. The molecule has 1 aromatic heterocycles. The Bertz CT molecular complexity index is 1050. The van der Waals surface area contributed by atoms with Crippen LogP contribution in [0.5, 0.6) is 0 Å². The molecule has 28 heavy (non-hydrogen) atoms. The highest BCUT2D eigenvalue weighted by Crippen LogP contribution is 2.30. The van der Waals surface area contributed by atoms with E-state index in [1.54, 1.807) is 42.5 Å². The minimum absolute atomic E-state index is 0.0326. The highest BCUT2D eigenvalue weighted by Gasteiger charge is 2.17. The van der Waals surface area contributed by atoms with Gasteiger partial charge in [0, 0.05) is 16.1 Å². The van der Waals surface area contributed by atoms with Crippen LogP contribution >= 0.6 is 35.0 Å². The number of ketones is 1. The summed E-state index contributed by atoms with van der Waals surface area (Å²) in [6.45, 7) is 1.44. The van der Waals surface area contributed by atoms with Crippen molar-refractivity contribution in [2.75, 3.05) is 16.9 Å². The standard InChI is InChI=1S/C18H15Cl2N5O2S/c1-10(26)12-4-2-3-5-15(12)22-16(27)9-28-18-24-23-17(25(18)21)13-8-11(19)6-7-14(13)20/h2-8H,9,21H2,1H3,(H,22,27). The predicted octanol–water partition coefficient (Wildman–Crippen LogP) is 3.90. The lowest BCUT2D eigenvalue weighted by atomic mass is 10.1. The second kappa shape index (κ2) is 8.64. The molecule has 0 bridgehead atoms. The number of halogens is 2. The fourth-order valence-corrected chi connectivity index (χ4v) is 3.47. The zero-order valence-corrected chi connectivity index (χ0v) is 17.0. The second-order valence-corrected chi connectivity index (χ2v) is 7.53. The second-order valence-electron chi connectivity index (χ2n) is 5.74. The normalized spacial score (nSPS) is 10.7. The molecule has 1 heterocycles. The largest absolute Gasteiger partial charge is 0.335 e. The number of amides is 1. The Morgan fingerprint density at radius 1 is 1.18 bits per heavy atom. The molecule has 0 aliphatic rings. The Kier molecular flexibility index (Phi) is 6.23. The van der Waals surface area contributed by atoms with Gasteiger partial charge in [-0.15, -0.1) is 10.2 Å². The van der Waals surface area contributed by atoms with Gasteiger partial charge in [-0.2, -0.15) is 0 Å². The van der Waals surface area contributed by atoms with Crippen molar-refractivity contribution in [2.45, 2.75) is 12.1 Å². The molecule has 3 rings (SSSR count). The molecule has 0 saturated heterocycles. The van der Waals surface area contributed by atoms with Crippen LogP contribution in [0.2, 0.25) is 10.0 Å². The van der Waals surface area contributed by atoms with Crippen molar-refractivity contribution in [3.8, 4) is 11.4 Å². The van der Waals surface area contributed by atoms with Crippen molar-refractivity contribution in [1.82, 2.24) is 14.9 Å². The highest BCUT2D eigenvalue weighted by atomic mass is 35.5. The molecule has 1 amide bonds. The molecular weight excluding hydrogens is 421 g/mol. The average Bonchev–Trinajstić information content (AvgIpc) is 3.02. The molecule has 0 fully saturated rings. The Labute approximate surface area is 175 Å². The van der Waals surface area contributed by atoms with E-state index in [1.165, 1.54) is 11.6 Å². The lowest BCUT2D eigenvalue weighted by Gasteiger charge is -2.09. The molecule has 0 radical (unpaired) electrons. The van der Waals surface area contributed by atoms with Crippen molar-refractivity contribution >= 4 is 52.3 Å². The monoisotopic (exact) mass is 435 g/mol. The van der Waals surface area contributed by atoms with Gasteiger partial charge in [0.15, 0.2) is 11.6 Å². The molecule has 10 heteroatoms. The zero-order chi connectivity index (χ0) is 20.3. The Morgan fingerprint density at radius 3 is 2.68 bits per heavy atom. The molecule has 0 saturated carbocycles. The van der Waals surface area contributed by atoms with Crippen molar-refractivity contribution in [3.05, 3.63) is 58.1 Å². The van der Waals surface area contributed by atoms with Crippen molar-refractivity contribution < 1.29 is 9.59 Å². The quantitative estimate of drug-likeness (QED) is 0.345. The number of hydrogen-bond donors (Lipinski definition) is 2. The number of para-hydroxylation sites is 1. The van der Waals surface area contributed by atoms with Gasteiger partial charge in [-0.3, -0.25) is 9.59 Å². The molecule has 0 aliphatic carbocycles. The number of Topliss-reactive ketones (excluding diaryl/α,β-unsaturated/α-hetero) is 1. The lowest BCUT2D eigenvalue weighted by molar-refractivity contribution is -0.113. The van der Waals surface area contributed by atoms with Crippen LogP contribution in [0.25, 0.3) is 11.4 Å². The molecule has 0 spiro atoms. The van der Waals surface area contributed by atoms with E-state index in [-0.39, 0.29) is 17.4 Å². The van der Waals surface area contributed by atoms with Crippen LogP contribution in [0.1, 0.15) is 17.3 Å². The highest BCUT2D eigenvalue weighted by molar-refractivity contribution is 7.99. The molecule has 144 valence electrons. The van der Waals surface area contributed by atoms with E-state index in [4.69, 9.17) is 29.0 Å². The van der Waals surface area contributed by atoms with Crippen LogP contribution in [-0.2, 0) is 4.79 Å². The fourth-order valence-electron chi connectivity index (χ4n) is 2.44. The van der Waals surface area contributed by atoms with Gasteiger partial charge in [0.25, 0.3) is 0 Å². The van der Waals surface area contributed by atoms with Gasteiger partial charge >= 0.3 is 0 Å². The maximum absolute atomic E-state index is 12.3. The molecule has 0 unspecified atom stereocenters. The third kappa shape index (κ3) is 4.46. The summed E-state index contributed by atoms with van der Waals surface area (Å²) in [4.78, 5) is 23.9. The summed E-state index contributed by atoms with van der Waals surface area (Å²) in [5.74, 6) is 5.98. The van der Waals surface area contributed by atoms with Crippen LogP contribution in [0.3, 0.4) is 0 Å². The van der Waals surface area contributed by atoms with E-state index in [0.717, 1.165) is 11.8 Å². The van der Waals surface area contributed by atoms with Gasteiger partial charge in [-0.1, -0.05) is 47.1 Å². The fraction of sp³-hybridized carbons (Fsp3) is 0.111. The van der Waals surface area contributed by atoms with Crippen molar-refractivity contribution in [2.24, 2.45) is 0 Å². The first-order valence-corrected chi connectivity index (χ1v) is 9.79. The minimum Gasteiger partial charge on any atom is -0.335 e. The number of benzene rings is 2. The summed E-state index contributed by atoms with van der Waals surface area (Å²) in [5, 5.41) is 12.0. The maximum atomic E-state index is 12.3. The number of nitrogens with one attached hydrogen (secondary N) is 1. The number of hydrogen-bond acceptors (Lipinski definition) is 6. The number of anilines is 1. The summed E-state index contributed by atoms with van der Waals surface area (Å²) < 4.78 is 1.25. The molecule has 7 nitrogen and oxygen atoms in total. The molecular formula is C18H15Cl2N5O2S. The van der Waals surface area contributed by atoms with Gasteiger partial charge in [0.05, 0.1) is 16.5 Å². The average molecular weight is 436 g/mol. The number of aromatic nitrogens is 3. The van der Waals surface area contributed by atoms with E-state index in [0.29, 0.717) is 37.8 Å². The van der Waals surface area contributed by atoms with E-state index < -0.39 is 0 Å².